The Kier molecular flexibility index (Phi) is 7.76. The Morgan fingerprint density at radius 2 is 1.73 bits per heavy atom. The van der Waals surface area contributed by atoms with Gasteiger partial charge in [-0.1, -0.05) is 32.0 Å². The molecule has 1 saturated heterocycles. The number of halogens is 1. The molecule has 160 valence electrons. The third-order valence-corrected chi connectivity index (χ3v) is 5.27. The highest BCUT2D eigenvalue weighted by Gasteiger charge is 2.18. The van der Waals surface area contributed by atoms with Crippen molar-refractivity contribution in [2.45, 2.75) is 26.8 Å². The van der Waals surface area contributed by atoms with E-state index in [0.29, 0.717) is 24.0 Å². The van der Waals surface area contributed by atoms with Crippen LogP contribution in [0, 0.1) is 11.7 Å². The van der Waals surface area contributed by atoms with Gasteiger partial charge < -0.3 is 15.5 Å². The number of rotatable bonds is 6. The highest BCUT2D eigenvalue weighted by atomic mass is 32.1. The largest absolute Gasteiger partial charge is 0.369 e. The maximum atomic E-state index is 13.9. The van der Waals surface area contributed by atoms with Crippen LogP contribution >= 0.6 is 12.2 Å². The van der Waals surface area contributed by atoms with E-state index in [1.54, 1.807) is 6.07 Å². The molecule has 0 bridgehead atoms. The predicted molar refractivity (Wildman–Crippen MR) is 124 cm³/mol. The smallest absolute Gasteiger partial charge is 0.226 e. The average molecular weight is 429 g/mol. The number of carbonyl (C=O) groups is 1. The Morgan fingerprint density at radius 3 is 2.37 bits per heavy atom. The molecule has 0 aromatic heterocycles. The summed E-state index contributed by atoms with van der Waals surface area (Å²) in [5.41, 5.74) is 2.73. The normalized spacial score (nSPS) is 14.6. The van der Waals surface area contributed by atoms with Gasteiger partial charge in [0.2, 0.25) is 5.91 Å². The maximum Gasteiger partial charge on any atom is 0.226 e. The van der Waals surface area contributed by atoms with Gasteiger partial charge in [0.1, 0.15) is 5.82 Å². The molecule has 0 aliphatic carbocycles. The number of nitrogens with one attached hydrogen (secondary N) is 2. The summed E-state index contributed by atoms with van der Waals surface area (Å²) in [6.07, 6.45) is 0.448. The molecule has 30 heavy (non-hydrogen) atoms. The van der Waals surface area contributed by atoms with E-state index in [1.165, 1.54) is 6.07 Å². The second-order valence-corrected chi connectivity index (χ2v) is 8.41. The minimum atomic E-state index is -0.138. The summed E-state index contributed by atoms with van der Waals surface area (Å²) in [7, 11) is 0. The highest BCUT2D eigenvalue weighted by molar-refractivity contribution is 7.80. The lowest BCUT2D eigenvalue weighted by Gasteiger charge is -2.36. The highest BCUT2D eigenvalue weighted by Crippen LogP contribution is 2.20. The molecule has 1 fully saturated rings. The quantitative estimate of drug-likeness (QED) is 0.681. The molecule has 0 radical (unpaired) electrons. The van der Waals surface area contributed by atoms with Crippen LogP contribution in [0.4, 0.5) is 15.8 Å². The summed E-state index contributed by atoms with van der Waals surface area (Å²) in [4.78, 5) is 16.4. The van der Waals surface area contributed by atoms with Gasteiger partial charge in [-0.3, -0.25) is 9.69 Å². The van der Waals surface area contributed by atoms with Crippen molar-refractivity contribution >= 4 is 34.6 Å². The Balaban J connectivity index is 1.47. The van der Waals surface area contributed by atoms with E-state index < -0.39 is 0 Å². The lowest BCUT2D eigenvalue weighted by molar-refractivity contribution is -0.120. The van der Waals surface area contributed by atoms with E-state index in [2.05, 4.69) is 20.4 Å². The van der Waals surface area contributed by atoms with Crippen LogP contribution in [0.3, 0.4) is 0 Å². The molecule has 1 amide bonds. The van der Waals surface area contributed by atoms with Gasteiger partial charge in [-0.05, 0) is 48.5 Å². The van der Waals surface area contributed by atoms with Crippen LogP contribution in [0.25, 0.3) is 0 Å². The van der Waals surface area contributed by atoms with E-state index in [0.717, 1.165) is 43.1 Å². The standard InChI is InChI=1S/C23H29FN4OS/c1-17(2)15-22(29)26-23(30)25-19-7-9-20(10-8-19)28-13-11-27(12-14-28)16-18-5-3-4-6-21(18)24/h3-10,17H,11-16H2,1-2H3,(H2,25,26,29,30). The monoisotopic (exact) mass is 428 g/mol. The summed E-state index contributed by atoms with van der Waals surface area (Å²) in [5.74, 6) is 0.0768. The van der Waals surface area contributed by atoms with Crippen molar-refractivity contribution < 1.29 is 9.18 Å². The van der Waals surface area contributed by atoms with Gasteiger partial charge in [-0.25, -0.2) is 4.39 Å². The van der Waals surface area contributed by atoms with Crippen molar-refractivity contribution in [2.75, 3.05) is 36.4 Å². The number of carbonyl (C=O) groups excluding carboxylic acids is 1. The van der Waals surface area contributed by atoms with Crippen LogP contribution in [0.5, 0.6) is 0 Å². The van der Waals surface area contributed by atoms with Crippen LogP contribution in [0.15, 0.2) is 48.5 Å². The number of amides is 1. The van der Waals surface area contributed by atoms with Crippen molar-refractivity contribution in [1.82, 2.24) is 10.2 Å². The Morgan fingerprint density at radius 1 is 1.07 bits per heavy atom. The number of anilines is 2. The van der Waals surface area contributed by atoms with Crippen molar-refractivity contribution in [1.29, 1.82) is 0 Å². The molecular formula is C23H29FN4OS. The van der Waals surface area contributed by atoms with Crippen molar-refractivity contribution in [3.63, 3.8) is 0 Å². The van der Waals surface area contributed by atoms with Crippen molar-refractivity contribution in [3.8, 4) is 0 Å². The fraction of sp³-hybridized carbons (Fsp3) is 0.391. The lowest BCUT2D eigenvalue weighted by Crippen LogP contribution is -2.46. The molecular weight excluding hydrogens is 399 g/mol. The van der Waals surface area contributed by atoms with Gasteiger partial charge in [0.25, 0.3) is 0 Å². The number of nitrogens with zero attached hydrogens (tertiary/aromatic N) is 2. The van der Waals surface area contributed by atoms with Gasteiger partial charge in [0.05, 0.1) is 0 Å². The fourth-order valence-corrected chi connectivity index (χ4v) is 3.73. The zero-order chi connectivity index (χ0) is 21.5. The summed E-state index contributed by atoms with van der Waals surface area (Å²) >= 11 is 5.21. The Bertz CT molecular complexity index is 864. The van der Waals surface area contributed by atoms with Crippen LogP contribution in [0.2, 0.25) is 0 Å². The second kappa shape index (κ2) is 10.5. The zero-order valence-electron chi connectivity index (χ0n) is 17.5. The SMILES string of the molecule is CC(C)CC(=O)NC(=S)Nc1ccc(N2CCN(Cc3ccccc3F)CC2)cc1. The number of thiocarbonyl (C=S) groups is 1. The molecule has 5 nitrogen and oxygen atoms in total. The third-order valence-electron chi connectivity index (χ3n) is 5.06. The first-order valence-electron chi connectivity index (χ1n) is 10.3. The van der Waals surface area contributed by atoms with Gasteiger partial charge in [-0.15, -0.1) is 0 Å². The first-order chi connectivity index (χ1) is 14.4. The van der Waals surface area contributed by atoms with E-state index in [4.69, 9.17) is 12.2 Å². The molecule has 0 atom stereocenters. The van der Waals surface area contributed by atoms with Crippen LogP contribution in [-0.4, -0.2) is 42.1 Å². The summed E-state index contributed by atoms with van der Waals surface area (Å²) in [6, 6.07) is 15.0. The molecule has 0 spiro atoms. The average Bonchev–Trinajstić information content (AvgIpc) is 2.70. The molecule has 3 rings (SSSR count). The van der Waals surface area contributed by atoms with Crippen molar-refractivity contribution in [3.05, 3.63) is 59.9 Å². The second-order valence-electron chi connectivity index (χ2n) is 8.00. The maximum absolute atomic E-state index is 13.9. The third kappa shape index (κ3) is 6.50. The summed E-state index contributed by atoms with van der Waals surface area (Å²) < 4.78 is 13.9. The Hall–Kier alpha value is -2.51. The van der Waals surface area contributed by atoms with Crippen LogP contribution in [0.1, 0.15) is 25.8 Å². The molecule has 1 heterocycles. The first kappa shape index (κ1) is 22.2. The minimum Gasteiger partial charge on any atom is -0.369 e. The fourth-order valence-electron chi connectivity index (χ4n) is 3.50. The molecule has 2 aromatic carbocycles. The van der Waals surface area contributed by atoms with E-state index in [1.807, 2.05) is 50.2 Å². The van der Waals surface area contributed by atoms with Gasteiger partial charge in [-0.2, -0.15) is 0 Å². The van der Waals surface area contributed by atoms with Gasteiger partial charge in [0, 0.05) is 56.1 Å². The number of piperazine rings is 1. The van der Waals surface area contributed by atoms with Gasteiger partial charge in [0.15, 0.2) is 5.11 Å². The zero-order valence-corrected chi connectivity index (χ0v) is 18.3. The topological polar surface area (TPSA) is 47.6 Å². The Labute approximate surface area is 183 Å². The molecule has 2 N–H and O–H groups in total. The minimum absolute atomic E-state index is 0.0765. The molecule has 1 aliphatic rings. The molecule has 0 saturated carbocycles. The summed E-state index contributed by atoms with van der Waals surface area (Å²) in [6.45, 7) is 8.20. The lowest BCUT2D eigenvalue weighted by atomic mass is 10.1. The van der Waals surface area contributed by atoms with E-state index in [-0.39, 0.29) is 11.7 Å². The number of hydrogen-bond acceptors (Lipinski definition) is 4. The molecule has 2 aromatic rings. The molecule has 1 aliphatic heterocycles. The number of benzene rings is 2. The summed E-state index contributed by atoms with van der Waals surface area (Å²) in [5, 5.41) is 6.07. The number of hydrogen-bond donors (Lipinski definition) is 2. The van der Waals surface area contributed by atoms with Crippen LogP contribution in [-0.2, 0) is 11.3 Å². The molecule has 0 unspecified atom stereocenters. The first-order valence-corrected chi connectivity index (χ1v) is 10.7. The van der Waals surface area contributed by atoms with E-state index in [9.17, 15) is 9.18 Å². The predicted octanol–water partition coefficient (Wildman–Crippen LogP) is 4.01. The van der Waals surface area contributed by atoms with Gasteiger partial charge >= 0.3 is 0 Å². The van der Waals surface area contributed by atoms with Crippen LogP contribution < -0.4 is 15.5 Å². The van der Waals surface area contributed by atoms with Crippen molar-refractivity contribution in [2.24, 2.45) is 5.92 Å². The molecule has 7 heteroatoms. The van der Waals surface area contributed by atoms with E-state index >= 15 is 0 Å².